The van der Waals surface area contributed by atoms with Crippen molar-refractivity contribution in [1.82, 2.24) is 0 Å². The van der Waals surface area contributed by atoms with Gasteiger partial charge in [-0.25, -0.2) is 4.90 Å². The summed E-state index contributed by atoms with van der Waals surface area (Å²) in [4.78, 5) is 26.6. The molecular weight excluding hydrogens is 366 g/mol. The molecule has 2 aromatic carbocycles. The number of methoxy groups -OCH3 is 2. The first kappa shape index (κ1) is 18.8. The van der Waals surface area contributed by atoms with E-state index in [1.807, 2.05) is 13.0 Å². The number of ether oxygens (including phenoxy) is 3. The molecule has 140 valence electrons. The van der Waals surface area contributed by atoms with Gasteiger partial charge in [0.25, 0.3) is 11.1 Å². The van der Waals surface area contributed by atoms with Gasteiger partial charge in [-0.1, -0.05) is 6.07 Å². The fourth-order valence-corrected chi connectivity index (χ4v) is 3.46. The van der Waals surface area contributed by atoms with Crippen molar-refractivity contribution >= 4 is 34.7 Å². The number of anilines is 1. The van der Waals surface area contributed by atoms with Gasteiger partial charge in [0.05, 0.1) is 31.4 Å². The van der Waals surface area contributed by atoms with Crippen LogP contribution in [0.25, 0.3) is 6.08 Å². The number of carbonyl (C=O) groups is 2. The molecule has 2 aromatic rings. The van der Waals surface area contributed by atoms with Gasteiger partial charge in [-0.3, -0.25) is 9.59 Å². The van der Waals surface area contributed by atoms with Crippen molar-refractivity contribution in [3.63, 3.8) is 0 Å². The van der Waals surface area contributed by atoms with Crippen molar-refractivity contribution < 1.29 is 23.8 Å². The van der Waals surface area contributed by atoms with Crippen LogP contribution in [0.2, 0.25) is 0 Å². The zero-order valence-electron chi connectivity index (χ0n) is 15.2. The molecule has 0 saturated carbocycles. The van der Waals surface area contributed by atoms with Gasteiger partial charge in [0.15, 0.2) is 11.5 Å². The van der Waals surface area contributed by atoms with Crippen molar-refractivity contribution in [2.75, 3.05) is 25.7 Å². The minimum Gasteiger partial charge on any atom is -0.497 e. The van der Waals surface area contributed by atoms with E-state index in [-0.39, 0.29) is 11.1 Å². The van der Waals surface area contributed by atoms with E-state index >= 15 is 0 Å². The first-order valence-corrected chi connectivity index (χ1v) is 9.12. The summed E-state index contributed by atoms with van der Waals surface area (Å²) in [5.41, 5.74) is 1.25. The fraction of sp³-hybridized carbons (Fsp3) is 0.200. The lowest BCUT2D eigenvalue weighted by atomic mass is 10.2. The van der Waals surface area contributed by atoms with E-state index in [2.05, 4.69) is 0 Å². The highest BCUT2D eigenvalue weighted by Gasteiger charge is 2.36. The van der Waals surface area contributed by atoms with E-state index in [0.717, 1.165) is 22.2 Å². The molecule has 1 aliphatic heterocycles. The molecule has 7 heteroatoms. The van der Waals surface area contributed by atoms with Crippen LogP contribution in [0.3, 0.4) is 0 Å². The largest absolute Gasteiger partial charge is 0.497 e. The van der Waals surface area contributed by atoms with Crippen LogP contribution in [0.5, 0.6) is 17.2 Å². The lowest BCUT2D eigenvalue weighted by molar-refractivity contribution is -0.113. The molecule has 0 N–H and O–H groups in total. The Morgan fingerprint density at radius 1 is 1.00 bits per heavy atom. The molecular formula is C20H19NO5S. The molecule has 2 amide bonds. The van der Waals surface area contributed by atoms with E-state index in [1.54, 1.807) is 56.7 Å². The Morgan fingerprint density at radius 2 is 1.74 bits per heavy atom. The van der Waals surface area contributed by atoms with Crippen LogP contribution in [-0.4, -0.2) is 32.0 Å². The minimum absolute atomic E-state index is 0.339. The van der Waals surface area contributed by atoms with Gasteiger partial charge in [0, 0.05) is 0 Å². The lowest BCUT2D eigenvalue weighted by Gasteiger charge is -2.12. The van der Waals surface area contributed by atoms with Crippen LogP contribution in [-0.2, 0) is 4.79 Å². The number of thioether (sulfide) groups is 1. The third-order valence-electron chi connectivity index (χ3n) is 3.91. The smallest absolute Gasteiger partial charge is 0.298 e. The molecule has 0 aliphatic carbocycles. The Bertz CT molecular complexity index is 892. The molecule has 0 atom stereocenters. The Labute approximate surface area is 161 Å². The molecule has 0 unspecified atom stereocenters. The number of nitrogens with zero attached hydrogens (tertiary/aromatic N) is 1. The van der Waals surface area contributed by atoms with Gasteiger partial charge in [0.2, 0.25) is 0 Å². The number of benzene rings is 2. The van der Waals surface area contributed by atoms with Gasteiger partial charge >= 0.3 is 0 Å². The summed E-state index contributed by atoms with van der Waals surface area (Å²) in [6, 6.07) is 12.1. The Hall–Kier alpha value is -2.93. The quantitative estimate of drug-likeness (QED) is 0.689. The van der Waals surface area contributed by atoms with Crippen LogP contribution >= 0.6 is 11.8 Å². The van der Waals surface area contributed by atoms with E-state index in [0.29, 0.717) is 34.4 Å². The number of rotatable bonds is 6. The zero-order chi connectivity index (χ0) is 19.4. The highest BCUT2D eigenvalue weighted by Crippen LogP contribution is 2.37. The molecule has 3 rings (SSSR count). The maximum absolute atomic E-state index is 12.7. The second kappa shape index (κ2) is 8.18. The summed E-state index contributed by atoms with van der Waals surface area (Å²) >= 11 is 0.905. The zero-order valence-corrected chi connectivity index (χ0v) is 16.0. The predicted octanol–water partition coefficient (Wildman–Crippen LogP) is 4.34. The number of imide groups is 1. The summed E-state index contributed by atoms with van der Waals surface area (Å²) in [5, 5.41) is -0.339. The number of amides is 2. The number of hydrogen-bond acceptors (Lipinski definition) is 6. The van der Waals surface area contributed by atoms with Crippen LogP contribution in [0.15, 0.2) is 47.4 Å². The SMILES string of the molecule is CCOc1ccc(/C=C2\SC(=O)N(c3ccc(OC)cc3)C2=O)cc1OC. The van der Waals surface area contributed by atoms with E-state index in [4.69, 9.17) is 14.2 Å². The fourth-order valence-electron chi connectivity index (χ4n) is 2.62. The van der Waals surface area contributed by atoms with Crippen molar-refractivity contribution in [3.8, 4) is 17.2 Å². The van der Waals surface area contributed by atoms with Crippen molar-refractivity contribution in [2.24, 2.45) is 0 Å². The average molecular weight is 385 g/mol. The second-order valence-corrected chi connectivity index (χ2v) is 6.55. The Balaban J connectivity index is 1.87. The first-order valence-electron chi connectivity index (χ1n) is 8.30. The summed E-state index contributed by atoms with van der Waals surface area (Å²) in [5.74, 6) is 1.49. The standard InChI is InChI=1S/C20H19NO5S/c1-4-26-16-10-5-13(11-17(16)25-3)12-18-19(22)21(20(23)27-18)14-6-8-15(24-2)9-7-14/h5-12H,4H2,1-3H3/b18-12-. The van der Waals surface area contributed by atoms with Crippen molar-refractivity contribution in [2.45, 2.75) is 6.92 Å². The second-order valence-electron chi connectivity index (χ2n) is 5.56. The van der Waals surface area contributed by atoms with Crippen LogP contribution in [0.4, 0.5) is 10.5 Å². The van der Waals surface area contributed by atoms with Gasteiger partial charge in [-0.2, -0.15) is 0 Å². The topological polar surface area (TPSA) is 65.1 Å². The summed E-state index contributed by atoms with van der Waals surface area (Å²) in [6.07, 6.45) is 1.67. The normalized spacial score (nSPS) is 15.4. The molecule has 1 fully saturated rings. The molecule has 1 saturated heterocycles. The van der Waals surface area contributed by atoms with Gasteiger partial charge in [-0.05, 0) is 66.7 Å². The number of hydrogen-bond donors (Lipinski definition) is 0. The van der Waals surface area contributed by atoms with E-state index < -0.39 is 0 Å². The van der Waals surface area contributed by atoms with Gasteiger partial charge < -0.3 is 14.2 Å². The average Bonchev–Trinajstić information content (AvgIpc) is 2.96. The molecule has 0 spiro atoms. The van der Waals surface area contributed by atoms with Crippen molar-refractivity contribution in [3.05, 3.63) is 52.9 Å². The molecule has 27 heavy (non-hydrogen) atoms. The number of carbonyl (C=O) groups excluding carboxylic acids is 2. The molecule has 0 bridgehead atoms. The lowest BCUT2D eigenvalue weighted by Crippen LogP contribution is -2.27. The summed E-state index contributed by atoms with van der Waals surface area (Å²) in [6.45, 7) is 2.42. The van der Waals surface area contributed by atoms with Gasteiger partial charge in [-0.15, -0.1) is 0 Å². The minimum atomic E-state index is -0.358. The molecule has 1 heterocycles. The van der Waals surface area contributed by atoms with Crippen molar-refractivity contribution in [1.29, 1.82) is 0 Å². The molecule has 0 radical (unpaired) electrons. The first-order chi connectivity index (χ1) is 13.1. The third kappa shape index (κ3) is 3.93. The summed E-state index contributed by atoms with van der Waals surface area (Å²) in [7, 11) is 3.11. The molecule has 1 aliphatic rings. The Morgan fingerprint density at radius 3 is 2.37 bits per heavy atom. The highest BCUT2D eigenvalue weighted by atomic mass is 32.2. The van der Waals surface area contributed by atoms with Crippen LogP contribution in [0, 0.1) is 0 Å². The monoisotopic (exact) mass is 385 g/mol. The third-order valence-corrected chi connectivity index (χ3v) is 4.78. The Kier molecular flexibility index (Phi) is 5.71. The van der Waals surface area contributed by atoms with E-state index in [9.17, 15) is 9.59 Å². The molecule has 0 aromatic heterocycles. The molecule has 6 nitrogen and oxygen atoms in total. The van der Waals surface area contributed by atoms with Crippen LogP contribution < -0.4 is 19.1 Å². The summed E-state index contributed by atoms with van der Waals surface area (Å²) < 4.78 is 15.9. The maximum Gasteiger partial charge on any atom is 0.298 e. The van der Waals surface area contributed by atoms with E-state index in [1.165, 1.54) is 0 Å². The van der Waals surface area contributed by atoms with Crippen LogP contribution in [0.1, 0.15) is 12.5 Å². The van der Waals surface area contributed by atoms with Gasteiger partial charge in [0.1, 0.15) is 5.75 Å². The predicted molar refractivity (Wildman–Crippen MR) is 106 cm³/mol. The maximum atomic E-state index is 12.7. The highest BCUT2D eigenvalue weighted by molar-refractivity contribution is 8.19.